The van der Waals surface area contributed by atoms with Crippen molar-refractivity contribution >= 4 is 22.4 Å². The lowest BCUT2D eigenvalue weighted by Crippen LogP contribution is -2.24. The van der Waals surface area contributed by atoms with Crippen molar-refractivity contribution in [2.75, 3.05) is 5.32 Å². The van der Waals surface area contributed by atoms with Gasteiger partial charge in [-0.3, -0.25) is 9.59 Å². The molecule has 0 bridgehead atoms. The number of aromatic nitrogens is 2. The molecule has 0 aliphatic heterocycles. The summed E-state index contributed by atoms with van der Waals surface area (Å²) in [6, 6.07) is 13.5. The van der Waals surface area contributed by atoms with E-state index in [1.807, 2.05) is 24.3 Å². The van der Waals surface area contributed by atoms with Gasteiger partial charge in [0.1, 0.15) is 0 Å². The van der Waals surface area contributed by atoms with Crippen molar-refractivity contribution in [3.63, 3.8) is 0 Å². The Balaban J connectivity index is 1.98. The molecular weight excluding hydrogens is 350 g/mol. The van der Waals surface area contributed by atoms with E-state index in [0.29, 0.717) is 22.9 Å². The normalized spacial score (nSPS) is 11.4. The van der Waals surface area contributed by atoms with Crippen LogP contribution in [0.2, 0.25) is 0 Å². The molecule has 3 aromatic rings. The van der Waals surface area contributed by atoms with Crippen LogP contribution in [0.5, 0.6) is 0 Å². The highest BCUT2D eigenvalue weighted by molar-refractivity contribution is 5.96. The lowest BCUT2D eigenvalue weighted by atomic mass is 9.92. The molecule has 2 aromatic carbocycles. The fourth-order valence-corrected chi connectivity index (χ4v) is 3.54. The average molecular weight is 377 g/mol. The number of nitrogens with zero attached hydrogens (tertiary/aromatic N) is 2. The van der Waals surface area contributed by atoms with Crippen molar-refractivity contribution in [1.82, 2.24) is 9.78 Å². The van der Waals surface area contributed by atoms with Gasteiger partial charge in [-0.15, -0.1) is 0 Å². The molecule has 0 radical (unpaired) electrons. The van der Waals surface area contributed by atoms with Crippen LogP contribution in [0.15, 0.2) is 47.3 Å². The van der Waals surface area contributed by atoms with E-state index >= 15 is 0 Å². The van der Waals surface area contributed by atoms with Crippen LogP contribution in [0.25, 0.3) is 10.8 Å². The molecule has 3 rings (SSSR count). The molecule has 1 N–H and O–H groups in total. The number of benzene rings is 2. The largest absolute Gasteiger partial charge is 0.325 e. The first-order valence-electron chi connectivity index (χ1n) is 9.67. The number of hydrogen-bond donors (Lipinski definition) is 1. The van der Waals surface area contributed by atoms with Crippen LogP contribution in [-0.4, -0.2) is 15.7 Å². The highest BCUT2D eigenvalue weighted by atomic mass is 16.1. The number of fused-ring (bicyclic) bond motifs is 1. The lowest BCUT2D eigenvalue weighted by molar-refractivity contribution is -0.115. The quantitative estimate of drug-likeness (QED) is 0.718. The Kier molecular flexibility index (Phi) is 5.63. The molecule has 28 heavy (non-hydrogen) atoms. The minimum Gasteiger partial charge on any atom is -0.325 e. The topological polar surface area (TPSA) is 64.0 Å². The molecule has 0 saturated carbocycles. The maximum Gasteiger partial charge on any atom is 0.274 e. The van der Waals surface area contributed by atoms with Crippen LogP contribution in [0.4, 0.5) is 5.69 Å². The van der Waals surface area contributed by atoms with Gasteiger partial charge in [-0.25, -0.2) is 4.68 Å². The molecule has 5 heteroatoms. The number of carbonyl (C=O) groups is 1. The highest BCUT2D eigenvalue weighted by Gasteiger charge is 2.18. The number of para-hydroxylation sites is 1. The molecule has 0 aliphatic carbocycles. The maximum atomic E-state index is 12.9. The Hall–Kier alpha value is -2.95. The van der Waals surface area contributed by atoms with E-state index < -0.39 is 0 Å². The van der Waals surface area contributed by atoms with Gasteiger partial charge >= 0.3 is 0 Å². The third kappa shape index (κ3) is 3.84. The summed E-state index contributed by atoms with van der Waals surface area (Å²) in [6.45, 7) is 8.49. The summed E-state index contributed by atoms with van der Waals surface area (Å²) in [4.78, 5) is 25.2. The van der Waals surface area contributed by atoms with Crippen LogP contribution < -0.4 is 10.9 Å². The zero-order chi connectivity index (χ0) is 20.4. The van der Waals surface area contributed by atoms with Gasteiger partial charge in [0.05, 0.1) is 17.5 Å². The van der Waals surface area contributed by atoms with Gasteiger partial charge in [0, 0.05) is 18.1 Å². The Morgan fingerprint density at radius 1 is 0.964 bits per heavy atom. The molecule has 146 valence electrons. The van der Waals surface area contributed by atoms with Gasteiger partial charge in [0.2, 0.25) is 5.91 Å². The standard InChI is InChI=1S/C23H27N3O2/c1-14(2)16-11-8-12-17(15(3)4)22(16)24-21(27)13-20-18-9-6-7-10-19(18)23(28)26(5)25-20/h6-12,14-15H,13H2,1-5H3,(H,24,27). The number of hydrogen-bond acceptors (Lipinski definition) is 3. The smallest absolute Gasteiger partial charge is 0.274 e. The first-order valence-corrected chi connectivity index (χ1v) is 9.67. The van der Waals surface area contributed by atoms with Crippen molar-refractivity contribution in [3.05, 3.63) is 69.6 Å². The molecule has 1 aromatic heterocycles. The van der Waals surface area contributed by atoms with Gasteiger partial charge in [-0.2, -0.15) is 5.10 Å². The number of aryl methyl sites for hydroxylation is 1. The molecule has 0 spiro atoms. The summed E-state index contributed by atoms with van der Waals surface area (Å²) in [5.74, 6) is 0.460. The van der Waals surface area contributed by atoms with E-state index in [4.69, 9.17) is 0 Å². The van der Waals surface area contributed by atoms with Gasteiger partial charge in [-0.05, 0) is 29.0 Å². The van der Waals surface area contributed by atoms with E-state index in [-0.39, 0.29) is 17.9 Å². The van der Waals surface area contributed by atoms with Crippen molar-refractivity contribution < 1.29 is 4.79 Å². The van der Waals surface area contributed by atoms with Gasteiger partial charge in [-0.1, -0.05) is 64.1 Å². The van der Waals surface area contributed by atoms with Crippen molar-refractivity contribution in [3.8, 4) is 0 Å². The van der Waals surface area contributed by atoms with E-state index in [1.54, 1.807) is 13.1 Å². The predicted molar refractivity (Wildman–Crippen MR) is 114 cm³/mol. The molecular formula is C23H27N3O2. The van der Waals surface area contributed by atoms with Gasteiger partial charge < -0.3 is 5.32 Å². The van der Waals surface area contributed by atoms with Gasteiger partial charge in [0.15, 0.2) is 0 Å². The summed E-state index contributed by atoms with van der Waals surface area (Å²) in [5.41, 5.74) is 3.58. The van der Waals surface area contributed by atoms with E-state index in [1.165, 1.54) is 4.68 Å². The molecule has 1 heterocycles. The first kappa shape index (κ1) is 19.8. The maximum absolute atomic E-state index is 12.9. The molecule has 0 unspecified atom stereocenters. The Morgan fingerprint density at radius 3 is 2.11 bits per heavy atom. The second-order valence-electron chi connectivity index (χ2n) is 7.77. The number of carbonyl (C=O) groups excluding carboxylic acids is 1. The van der Waals surface area contributed by atoms with Crippen molar-refractivity contribution in [1.29, 1.82) is 0 Å². The highest BCUT2D eigenvalue weighted by Crippen LogP contribution is 2.32. The zero-order valence-corrected chi connectivity index (χ0v) is 17.1. The summed E-state index contributed by atoms with van der Waals surface area (Å²) in [7, 11) is 1.61. The molecule has 0 atom stereocenters. The summed E-state index contributed by atoms with van der Waals surface area (Å²) < 4.78 is 1.30. The summed E-state index contributed by atoms with van der Waals surface area (Å²) in [6.07, 6.45) is 0.110. The number of nitrogens with one attached hydrogen (secondary N) is 1. The summed E-state index contributed by atoms with van der Waals surface area (Å²) >= 11 is 0. The van der Waals surface area contributed by atoms with Crippen LogP contribution in [0.1, 0.15) is 56.4 Å². The molecule has 0 fully saturated rings. The number of rotatable bonds is 5. The monoisotopic (exact) mass is 377 g/mol. The minimum absolute atomic E-state index is 0.110. The number of amides is 1. The Bertz CT molecular complexity index is 1050. The predicted octanol–water partition coefficient (Wildman–Crippen LogP) is 4.36. The third-order valence-corrected chi connectivity index (χ3v) is 5.00. The second kappa shape index (κ2) is 7.97. The fourth-order valence-electron chi connectivity index (χ4n) is 3.54. The van der Waals surface area contributed by atoms with Crippen LogP contribution in [0.3, 0.4) is 0 Å². The summed E-state index contributed by atoms with van der Waals surface area (Å²) in [5, 5.41) is 8.76. The van der Waals surface area contributed by atoms with Crippen molar-refractivity contribution in [2.45, 2.75) is 46.0 Å². The fraction of sp³-hybridized carbons (Fsp3) is 0.348. The number of anilines is 1. The van der Waals surface area contributed by atoms with E-state index in [9.17, 15) is 9.59 Å². The van der Waals surface area contributed by atoms with E-state index in [2.05, 4.69) is 50.2 Å². The zero-order valence-electron chi connectivity index (χ0n) is 17.1. The Labute approximate surface area is 165 Å². The minimum atomic E-state index is -0.160. The SMILES string of the molecule is CC(C)c1cccc(C(C)C)c1NC(=O)Cc1nn(C)c(=O)c2ccccc12. The molecule has 1 amide bonds. The first-order chi connectivity index (χ1) is 13.3. The van der Waals surface area contributed by atoms with Crippen LogP contribution >= 0.6 is 0 Å². The molecule has 0 saturated heterocycles. The molecule has 5 nitrogen and oxygen atoms in total. The lowest BCUT2D eigenvalue weighted by Gasteiger charge is -2.20. The van der Waals surface area contributed by atoms with Crippen LogP contribution in [0, 0.1) is 0 Å². The second-order valence-corrected chi connectivity index (χ2v) is 7.77. The van der Waals surface area contributed by atoms with Crippen LogP contribution in [-0.2, 0) is 18.3 Å². The average Bonchev–Trinajstić information content (AvgIpc) is 2.65. The van der Waals surface area contributed by atoms with Gasteiger partial charge in [0.25, 0.3) is 5.56 Å². The molecule has 0 aliphatic rings. The third-order valence-electron chi connectivity index (χ3n) is 5.00. The van der Waals surface area contributed by atoms with Crippen molar-refractivity contribution in [2.24, 2.45) is 7.05 Å². The Morgan fingerprint density at radius 2 is 1.54 bits per heavy atom. The van der Waals surface area contributed by atoms with E-state index in [0.717, 1.165) is 22.2 Å².